The van der Waals surface area contributed by atoms with Gasteiger partial charge < -0.3 is 15.3 Å². The number of rotatable bonds is 6. The molecule has 0 heterocycles. The van der Waals surface area contributed by atoms with Gasteiger partial charge in [0.2, 0.25) is 0 Å². The predicted octanol–water partition coefficient (Wildman–Crippen LogP) is 2.95. The first kappa shape index (κ1) is 15.3. The van der Waals surface area contributed by atoms with Gasteiger partial charge in [-0.25, -0.2) is 9.18 Å². The molecule has 1 rings (SSSR count). The highest BCUT2D eigenvalue weighted by atomic mass is 19.1. The molecule has 0 aliphatic rings. The van der Waals surface area contributed by atoms with E-state index in [0.717, 1.165) is 0 Å². The molecule has 0 amide bonds. The molecule has 0 saturated carbocycles. The molecule has 5 heteroatoms. The number of hydrogen-bond acceptors (Lipinski definition) is 3. The van der Waals surface area contributed by atoms with Crippen LogP contribution in [0, 0.1) is 5.82 Å². The zero-order valence-corrected chi connectivity index (χ0v) is 11.8. The van der Waals surface area contributed by atoms with E-state index in [4.69, 9.17) is 5.11 Å². The third-order valence-electron chi connectivity index (χ3n) is 3.15. The maximum Gasteiger partial charge on any atom is 0.326 e. The van der Waals surface area contributed by atoms with Gasteiger partial charge in [0, 0.05) is 18.8 Å². The molecule has 1 aromatic carbocycles. The fourth-order valence-electron chi connectivity index (χ4n) is 1.70. The van der Waals surface area contributed by atoms with Crippen LogP contribution in [0.15, 0.2) is 18.2 Å². The van der Waals surface area contributed by atoms with Crippen molar-refractivity contribution in [2.24, 2.45) is 0 Å². The first-order valence-corrected chi connectivity index (χ1v) is 6.38. The minimum absolute atomic E-state index is 0.190. The number of halogens is 1. The number of hydrogen-bond donors (Lipinski definition) is 2. The summed E-state index contributed by atoms with van der Waals surface area (Å²) in [6.45, 7) is 5.72. The van der Waals surface area contributed by atoms with Gasteiger partial charge in [-0.05, 0) is 38.5 Å². The Morgan fingerprint density at radius 1 is 1.47 bits per heavy atom. The van der Waals surface area contributed by atoms with E-state index in [-0.39, 0.29) is 11.9 Å². The summed E-state index contributed by atoms with van der Waals surface area (Å²) in [6.07, 6.45) is 0.435. The smallest absolute Gasteiger partial charge is 0.326 e. The van der Waals surface area contributed by atoms with Gasteiger partial charge in [-0.15, -0.1) is 0 Å². The van der Waals surface area contributed by atoms with Crippen LogP contribution in [-0.2, 0) is 4.79 Å². The zero-order valence-electron chi connectivity index (χ0n) is 11.8. The van der Waals surface area contributed by atoms with Gasteiger partial charge in [-0.3, -0.25) is 0 Å². The lowest BCUT2D eigenvalue weighted by Crippen LogP contribution is -2.29. The normalized spacial score (nSPS) is 12.3. The van der Waals surface area contributed by atoms with Gasteiger partial charge >= 0.3 is 5.97 Å². The van der Waals surface area contributed by atoms with Crippen LogP contribution < -0.4 is 10.2 Å². The SMILES string of the molecule is CCC(Nc1ccc(N(C)C(C)C)c(F)c1)C(=O)O. The van der Waals surface area contributed by atoms with E-state index in [1.54, 1.807) is 19.1 Å². The highest BCUT2D eigenvalue weighted by molar-refractivity contribution is 5.77. The highest BCUT2D eigenvalue weighted by Gasteiger charge is 2.16. The van der Waals surface area contributed by atoms with E-state index in [9.17, 15) is 9.18 Å². The Bertz CT molecular complexity index is 449. The minimum Gasteiger partial charge on any atom is -0.480 e. The second kappa shape index (κ2) is 6.41. The lowest BCUT2D eigenvalue weighted by atomic mass is 10.2. The van der Waals surface area contributed by atoms with E-state index in [1.807, 2.05) is 25.8 Å². The summed E-state index contributed by atoms with van der Waals surface area (Å²) < 4.78 is 14.0. The van der Waals surface area contributed by atoms with Crippen LogP contribution in [0.3, 0.4) is 0 Å². The number of benzene rings is 1. The number of anilines is 2. The molecule has 0 bridgehead atoms. The van der Waals surface area contributed by atoms with Crippen molar-refractivity contribution in [2.45, 2.75) is 39.3 Å². The van der Waals surface area contributed by atoms with Crippen molar-refractivity contribution in [3.05, 3.63) is 24.0 Å². The molecular formula is C14H21FN2O2. The summed E-state index contributed by atoms with van der Waals surface area (Å²) in [4.78, 5) is 12.7. The molecule has 0 aromatic heterocycles. The van der Waals surface area contributed by atoms with Crippen LogP contribution in [0.2, 0.25) is 0 Å². The third-order valence-corrected chi connectivity index (χ3v) is 3.15. The molecule has 19 heavy (non-hydrogen) atoms. The molecule has 0 fully saturated rings. The summed E-state index contributed by atoms with van der Waals surface area (Å²) >= 11 is 0. The number of nitrogens with zero attached hydrogens (tertiary/aromatic N) is 1. The number of nitrogens with one attached hydrogen (secondary N) is 1. The zero-order chi connectivity index (χ0) is 14.6. The minimum atomic E-state index is -0.939. The lowest BCUT2D eigenvalue weighted by molar-refractivity contribution is -0.137. The third kappa shape index (κ3) is 3.84. The molecule has 0 saturated heterocycles. The summed E-state index contributed by atoms with van der Waals surface area (Å²) in [5, 5.41) is 11.8. The standard InChI is InChI=1S/C14H21FN2O2/c1-5-12(14(18)19)16-10-6-7-13(11(15)8-10)17(4)9(2)3/h6-9,12,16H,5H2,1-4H3,(H,18,19). The first-order chi connectivity index (χ1) is 8.86. The van der Waals surface area contributed by atoms with Gasteiger partial charge in [0.1, 0.15) is 11.9 Å². The Balaban J connectivity index is 2.91. The molecule has 1 atom stereocenters. The average molecular weight is 268 g/mol. The molecule has 0 radical (unpaired) electrons. The van der Waals surface area contributed by atoms with Crippen LogP contribution >= 0.6 is 0 Å². The molecule has 0 aliphatic heterocycles. The molecule has 0 spiro atoms. The van der Waals surface area contributed by atoms with E-state index in [2.05, 4.69) is 5.32 Å². The fraction of sp³-hybridized carbons (Fsp3) is 0.500. The number of carboxylic acids is 1. The lowest BCUT2D eigenvalue weighted by Gasteiger charge is -2.24. The first-order valence-electron chi connectivity index (χ1n) is 6.38. The summed E-state index contributed by atoms with van der Waals surface area (Å²) in [7, 11) is 1.82. The van der Waals surface area contributed by atoms with Crippen molar-refractivity contribution in [1.29, 1.82) is 0 Å². The molecule has 2 N–H and O–H groups in total. The van der Waals surface area contributed by atoms with Crippen molar-refractivity contribution in [3.8, 4) is 0 Å². The quantitative estimate of drug-likeness (QED) is 0.833. The molecular weight excluding hydrogens is 247 g/mol. The van der Waals surface area contributed by atoms with E-state index >= 15 is 0 Å². The van der Waals surface area contributed by atoms with Gasteiger partial charge in [0.25, 0.3) is 0 Å². The topological polar surface area (TPSA) is 52.6 Å². The van der Waals surface area contributed by atoms with Crippen LogP contribution in [0.5, 0.6) is 0 Å². The molecule has 1 unspecified atom stereocenters. The van der Waals surface area contributed by atoms with Crippen molar-refractivity contribution in [2.75, 3.05) is 17.3 Å². The van der Waals surface area contributed by atoms with Gasteiger partial charge in [0.15, 0.2) is 0 Å². The molecule has 4 nitrogen and oxygen atoms in total. The predicted molar refractivity (Wildman–Crippen MR) is 75.3 cm³/mol. The van der Waals surface area contributed by atoms with Crippen molar-refractivity contribution in [3.63, 3.8) is 0 Å². The Labute approximate surface area is 113 Å². The maximum absolute atomic E-state index is 14.0. The highest BCUT2D eigenvalue weighted by Crippen LogP contribution is 2.24. The van der Waals surface area contributed by atoms with E-state index in [0.29, 0.717) is 17.8 Å². The fourth-order valence-corrected chi connectivity index (χ4v) is 1.70. The largest absolute Gasteiger partial charge is 0.480 e. The summed E-state index contributed by atoms with van der Waals surface area (Å²) in [5.74, 6) is -1.30. The van der Waals surface area contributed by atoms with Gasteiger partial charge in [0.05, 0.1) is 5.69 Å². The number of aliphatic carboxylic acids is 1. The Kier molecular flexibility index (Phi) is 5.15. The van der Waals surface area contributed by atoms with Crippen LogP contribution in [0.4, 0.5) is 15.8 Å². The summed E-state index contributed by atoms with van der Waals surface area (Å²) in [5.41, 5.74) is 0.983. The average Bonchev–Trinajstić information content (AvgIpc) is 2.34. The van der Waals surface area contributed by atoms with Crippen LogP contribution in [0.25, 0.3) is 0 Å². The van der Waals surface area contributed by atoms with Gasteiger partial charge in [-0.2, -0.15) is 0 Å². The Hall–Kier alpha value is -1.78. The van der Waals surface area contributed by atoms with E-state index < -0.39 is 12.0 Å². The molecule has 106 valence electrons. The van der Waals surface area contributed by atoms with Gasteiger partial charge in [-0.1, -0.05) is 6.92 Å². The van der Waals surface area contributed by atoms with Crippen LogP contribution in [-0.4, -0.2) is 30.2 Å². The molecule has 0 aliphatic carbocycles. The monoisotopic (exact) mass is 268 g/mol. The van der Waals surface area contributed by atoms with Crippen LogP contribution in [0.1, 0.15) is 27.2 Å². The number of carboxylic acid groups (broad SMARTS) is 1. The Morgan fingerprint density at radius 3 is 2.53 bits per heavy atom. The summed E-state index contributed by atoms with van der Waals surface area (Å²) in [6, 6.07) is 4.18. The van der Waals surface area contributed by atoms with Crippen molar-refractivity contribution in [1.82, 2.24) is 0 Å². The second-order valence-corrected chi connectivity index (χ2v) is 4.81. The van der Waals surface area contributed by atoms with Crippen molar-refractivity contribution >= 4 is 17.3 Å². The van der Waals surface area contributed by atoms with E-state index in [1.165, 1.54) is 6.07 Å². The van der Waals surface area contributed by atoms with Crippen molar-refractivity contribution < 1.29 is 14.3 Å². The Morgan fingerprint density at radius 2 is 2.11 bits per heavy atom. The maximum atomic E-state index is 14.0. The number of carbonyl (C=O) groups is 1. The second-order valence-electron chi connectivity index (χ2n) is 4.81. The molecule has 1 aromatic rings.